The number of fused-ring (bicyclic) bond motifs is 1. The van der Waals surface area contributed by atoms with E-state index in [1.54, 1.807) is 0 Å². The number of hydrogen-bond donors (Lipinski definition) is 5. The summed E-state index contributed by atoms with van der Waals surface area (Å²) in [6.45, 7) is 0. The predicted molar refractivity (Wildman–Crippen MR) is 71.0 cm³/mol. The van der Waals surface area contributed by atoms with Gasteiger partial charge in [0.25, 0.3) is 0 Å². The normalized spacial score (nSPS) is 22.8. The van der Waals surface area contributed by atoms with Gasteiger partial charge in [-0.2, -0.15) is 0 Å². The van der Waals surface area contributed by atoms with Gasteiger partial charge >= 0.3 is 17.9 Å². The third-order valence-electron chi connectivity index (χ3n) is 3.63. The largest absolute Gasteiger partial charge is 0.481 e. The summed E-state index contributed by atoms with van der Waals surface area (Å²) in [5, 5.41) is 29.6. The first-order chi connectivity index (χ1) is 10.6. The summed E-state index contributed by atoms with van der Waals surface area (Å²) < 4.78 is 0. The lowest BCUT2D eigenvalue weighted by Gasteiger charge is -2.23. The second kappa shape index (κ2) is 5.65. The van der Waals surface area contributed by atoms with Gasteiger partial charge in [0.1, 0.15) is 18.0 Å². The number of ketones is 2. The van der Waals surface area contributed by atoms with Crippen LogP contribution in [0.25, 0.3) is 0 Å². The molecule has 2 aliphatic rings. The van der Waals surface area contributed by atoms with Crippen LogP contribution in [0.3, 0.4) is 0 Å². The summed E-state index contributed by atoms with van der Waals surface area (Å²) in [5.41, 5.74) is 4.70. The monoisotopic (exact) mass is 324 g/mol. The molecular formula is C13H12N2O8. The maximum Gasteiger partial charge on any atom is 0.326 e. The van der Waals surface area contributed by atoms with E-state index in [1.165, 1.54) is 0 Å². The van der Waals surface area contributed by atoms with Gasteiger partial charge < -0.3 is 26.4 Å². The van der Waals surface area contributed by atoms with Crippen molar-refractivity contribution in [2.75, 3.05) is 0 Å². The maximum absolute atomic E-state index is 12.1. The molecule has 23 heavy (non-hydrogen) atoms. The average molecular weight is 324 g/mol. The van der Waals surface area contributed by atoms with Crippen molar-refractivity contribution >= 4 is 29.5 Å². The lowest BCUT2D eigenvalue weighted by Crippen LogP contribution is -2.46. The summed E-state index contributed by atoms with van der Waals surface area (Å²) >= 11 is 0. The van der Waals surface area contributed by atoms with E-state index in [9.17, 15) is 29.1 Å². The Morgan fingerprint density at radius 3 is 2.26 bits per heavy atom. The van der Waals surface area contributed by atoms with E-state index in [0.29, 0.717) is 0 Å². The smallest absolute Gasteiger partial charge is 0.326 e. The zero-order valence-electron chi connectivity index (χ0n) is 11.5. The molecule has 10 heteroatoms. The lowest BCUT2D eigenvalue weighted by molar-refractivity contribution is -0.149. The molecule has 2 rings (SSSR count). The Kier molecular flexibility index (Phi) is 4.02. The number of carboxylic acid groups (broad SMARTS) is 3. The minimum atomic E-state index is -1.98. The average Bonchev–Trinajstić information content (AvgIpc) is 2.86. The van der Waals surface area contributed by atoms with Crippen molar-refractivity contribution in [3.8, 4) is 0 Å². The molecule has 0 aromatic carbocycles. The summed E-state index contributed by atoms with van der Waals surface area (Å²) in [5.74, 6) is -8.88. The van der Waals surface area contributed by atoms with Crippen LogP contribution < -0.4 is 11.1 Å². The molecule has 1 aliphatic heterocycles. The van der Waals surface area contributed by atoms with Crippen LogP contribution in [0.5, 0.6) is 0 Å². The molecule has 10 nitrogen and oxygen atoms in total. The van der Waals surface area contributed by atoms with E-state index >= 15 is 0 Å². The molecule has 0 aromatic rings. The van der Waals surface area contributed by atoms with E-state index in [1.807, 2.05) is 0 Å². The van der Waals surface area contributed by atoms with Crippen LogP contribution in [-0.2, 0) is 24.0 Å². The van der Waals surface area contributed by atoms with Crippen LogP contribution in [-0.4, -0.2) is 56.9 Å². The number of carbonyl (C=O) groups excluding carboxylic acids is 2. The Hall–Kier alpha value is -3.01. The third-order valence-corrected chi connectivity index (χ3v) is 3.63. The van der Waals surface area contributed by atoms with Gasteiger partial charge in [-0.05, 0) is 11.6 Å². The summed E-state index contributed by atoms with van der Waals surface area (Å²) in [6, 6.07) is -3.13. The summed E-state index contributed by atoms with van der Waals surface area (Å²) in [4.78, 5) is 57.2. The number of nitrogens with one attached hydrogen (secondary N) is 1. The number of nitrogens with two attached hydrogens (primary N) is 1. The number of rotatable bonds is 5. The maximum atomic E-state index is 12.1. The summed E-state index contributed by atoms with van der Waals surface area (Å²) in [6.07, 6.45) is 0.782. The molecule has 1 fully saturated rings. The Morgan fingerprint density at radius 2 is 1.78 bits per heavy atom. The van der Waals surface area contributed by atoms with Crippen molar-refractivity contribution in [1.29, 1.82) is 0 Å². The van der Waals surface area contributed by atoms with Gasteiger partial charge in [0.05, 0.1) is 0 Å². The molecule has 0 radical (unpaired) electrons. The van der Waals surface area contributed by atoms with E-state index in [-0.39, 0.29) is 17.7 Å². The number of aliphatic carboxylic acids is 3. The molecule has 122 valence electrons. The van der Waals surface area contributed by atoms with Gasteiger partial charge in [0.2, 0.25) is 11.6 Å². The second-order valence-corrected chi connectivity index (χ2v) is 5.07. The van der Waals surface area contributed by atoms with Crippen LogP contribution in [0.2, 0.25) is 0 Å². The van der Waals surface area contributed by atoms with Gasteiger partial charge in [-0.25, -0.2) is 4.79 Å². The van der Waals surface area contributed by atoms with Crippen molar-refractivity contribution in [3.05, 3.63) is 22.9 Å². The lowest BCUT2D eigenvalue weighted by atomic mass is 9.82. The first-order valence-corrected chi connectivity index (χ1v) is 6.39. The first-order valence-electron chi connectivity index (χ1n) is 6.39. The number of hydrogen-bond acceptors (Lipinski definition) is 7. The molecule has 1 saturated heterocycles. The van der Waals surface area contributed by atoms with Crippen LogP contribution in [0.15, 0.2) is 22.9 Å². The molecule has 6 N–H and O–H groups in total. The van der Waals surface area contributed by atoms with Crippen molar-refractivity contribution in [2.24, 2.45) is 11.7 Å². The molecule has 1 heterocycles. The topological polar surface area (TPSA) is 184 Å². The molecular weight excluding hydrogens is 312 g/mol. The molecule has 1 aliphatic carbocycles. The van der Waals surface area contributed by atoms with E-state index in [2.05, 4.69) is 5.32 Å². The third kappa shape index (κ3) is 2.71. The minimum Gasteiger partial charge on any atom is -0.481 e. The van der Waals surface area contributed by atoms with Crippen molar-refractivity contribution in [3.63, 3.8) is 0 Å². The minimum absolute atomic E-state index is 0.137. The molecule has 0 saturated carbocycles. The van der Waals surface area contributed by atoms with Gasteiger partial charge in [-0.15, -0.1) is 0 Å². The molecule has 0 amide bonds. The highest BCUT2D eigenvalue weighted by molar-refractivity contribution is 6.49. The first kappa shape index (κ1) is 16.4. The second-order valence-electron chi connectivity index (χ2n) is 5.07. The molecule has 3 atom stereocenters. The van der Waals surface area contributed by atoms with Crippen LogP contribution in [0.1, 0.15) is 6.42 Å². The van der Waals surface area contributed by atoms with Crippen molar-refractivity contribution < 1.29 is 39.3 Å². The number of carbonyl (C=O) groups is 5. The molecule has 0 spiro atoms. The summed E-state index contributed by atoms with van der Waals surface area (Å²) in [7, 11) is 0. The van der Waals surface area contributed by atoms with E-state index in [4.69, 9.17) is 15.9 Å². The fourth-order valence-corrected chi connectivity index (χ4v) is 2.54. The van der Waals surface area contributed by atoms with Gasteiger partial charge in [-0.3, -0.25) is 19.2 Å². The molecule has 0 aromatic heterocycles. The van der Waals surface area contributed by atoms with Crippen LogP contribution >= 0.6 is 0 Å². The Labute approximate surface area is 128 Å². The quantitative estimate of drug-likeness (QED) is 0.276. The fourth-order valence-electron chi connectivity index (χ4n) is 2.54. The van der Waals surface area contributed by atoms with Crippen molar-refractivity contribution in [1.82, 2.24) is 5.32 Å². The van der Waals surface area contributed by atoms with Crippen molar-refractivity contribution in [2.45, 2.75) is 18.5 Å². The van der Waals surface area contributed by atoms with E-state index in [0.717, 1.165) is 6.08 Å². The number of Topliss-reactive ketones (excluding diaryl/α,β-unsaturated/α-hetero) is 1. The Morgan fingerprint density at radius 1 is 1.17 bits per heavy atom. The zero-order chi connectivity index (χ0) is 17.5. The SMILES string of the molecule is NC(C(=O)O)C(C(=O)O)C1=C2NC(C(=O)O)CC2=CC(=O)C1=O. The number of allylic oxidation sites excluding steroid dienone is 2. The standard InChI is InChI=1S/C13H12N2O8/c14-8(13(22)23)6(12(20)21)7-9-3(2-5(16)10(7)17)1-4(15-9)11(18)19/h2,4,6,8,15H,1,14H2,(H,18,19)(H,20,21)(H,22,23). The Bertz CT molecular complexity index is 705. The highest BCUT2D eigenvalue weighted by atomic mass is 16.4. The van der Waals surface area contributed by atoms with Crippen LogP contribution in [0, 0.1) is 5.92 Å². The predicted octanol–water partition coefficient (Wildman–Crippen LogP) is -2.12. The molecule has 0 bridgehead atoms. The Balaban J connectivity index is 2.61. The van der Waals surface area contributed by atoms with Gasteiger partial charge in [0, 0.05) is 17.7 Å². The highest BCUT2D eigenvalue weighted by Crippen LogP contribution is 2.34. The van der Waals surface area contributed by atoms with Crippen LogP contribution in [0.4, 0.5) is 0 Å². The van der Waals surface area contributed by atoms with Gasteiger partial charge in [-0.1, -0.05) is 0 Å². The zero-order valence-corrected chi connectivity index (χ0v) is 11.5. The fraction of sp³-hybridized carbons (Fsp3) is 0.308. The highest BCUT2D eigenvalue weighted by Gasteiger charge is 2.45. The van der Waals surface area contributed by atoms with E-state index < -0.39 is 53.0 Å². The van der Waals surface area contributed by atoms with Gasteiger partial charge in [0.15, 0.2) is 0 Å². The molecule has 3 unspecified atom stereocenters. The number of carboxylic acids is 3.